The van der Waals surface area contributed by atoms with E-state index in [1.54, 1.807) is 32.4 Å². The first-order valence-corrected chi connectivity index (χ1v) is 8.53. The van der Waals surface area contributed by atoms with Gasteiger partial charge in [0.05, 0.1) is 24.7 Å². The molecule has 27 heavy (non-hydrogen) atoms. The summed E-state index contributed by atoms with van der Waals surface area (Å²) in [7, 11) is 3.11. The molecule has 0 saturated carbocycles. The van der Waals surface area contributed by atoms with Crippen molar-refractivity contribution in [1.82, 2.24) is 9.97 Å². The molecule has 4 rings (SSSR count). The molecule has 0 fully saturated rings. The average Bonchev–Trinajstić information content (AvgIpc) is 3.09. The van der Waals surface area contributed by atoms with Crippen molar-refractivity contribution in [3.8, 4) is 11.5 Å². The lowest BCUT2D eigenvalue weighted by molar-refractivity contribution is -0.384. The maximum Gasteiger partial charge on any atom is 0.269 e. The van der Waals surface area contributed by atoms with Gasteiger partial charge in [0, 0.05) is 35.8 Å². The fourth-order valence-corrected chi connectivity index (χ4v) is 3.51. The van der Waals surface area contributed by atoms with Crippen molar-refractivity contribution in [1.29, 1.82) is 0 Å². The van der Waals surface area contributed by atoms with E-state index in [0.29, 0.717) is 35.8 Å². The maximum absolute atomic E-state index is 11.0. The van der Waals surface area contributed by atoms with Gasteiger partial charge >= 0.3 is 0 Å². The van der Waals surface area contributed by atoms with Gasteiger partial charge in [-0.3, -0.25) is 10.1 Å². The second kappa shape index (κ2) is 6.55. The van der Waals surface area contributed by atoms with Gasteiger partial charge in [0.1, 0.15) is 5.82 Å². The number of benzene rings is 2. The van der Waals surface area contributed by atoms with Gasteiger partial charge in [-0.2, -0.15) is 4.98 Å². The van der Waals surface area contributed by atoms with Gasteiger partial charge in [-0.05, 0) is 35.7 Å². The highest BCUT2D eigenvalue weighted by atomic mass is 35.5. The van der Waals surface area contributed by atoms with Crippen LogP contribution in [0.15, 0.2) is 30.3 Å². The van der Waals surface area contributed by atoms with Crippen LogP contribution in [0.3, 0.4) is 0 Å². The fraction of sp³-hybridized carbons (Fsp3) is 0.222. The minimum atomic E-state index is -0.392. The third-order valence-electron chi connectivity index (χ3n) is 4.58. The Morgan fingerprint density at radius 2 is 1.89 bits per heavy atom. The smallest absolute Gasteiger partial charge is 0.269 e. The summed E-state index contributed by atoms with van der Waals surface area (Å²) in [6, 6.07) is 8.39. The normalized spacial score (nSPS) is 12.9. The molecule has 0 unspecified atom stereocenters. The average molecular weight is 387 g/mol. The third kappa shape index (κ3) is 2.87. The summed E-state index contributed by atoms with van der Waals surface area (Å²) in [4.78, 5) is 21.3. The van der Waals surface area contributed by atoms with E-state index in [2.05, 4.69) is 9.97 Å². The predicted molar refractivity (Wildman–Crippen MR) is 101 cm³/mol. The number of non-ortho nitro benzene ring substituents is 1. The van der Waals surface area contributed by atoms with E-state index in [1.807, 2.05) is 11.0 Å². The number of aromatic nitrogens is 2. The number of nitrogens with zero attached hydrogens (tertiary/aromatic N) is 4. The van der Waals surface area contributed by atoms with E-state index >= 15 is 0 Å². The molecule has 138 valence electrons. The molecule has 1 aromatic heterocycles. The zero-order chi connectivity index (χ0) is 19.1. The van der Waals surface area contributed by atoms with E-state index < -0.39 is 4.92 Å². The van der Waals surface area contributed by atoms with Crippen molar-refractivity contribution < 1.29 is 14.4 Å². The van der Waals surface area contributed by atoms with Gasteiger partial charge in [0.2, 0.25) is 5.28 Å². The molecule has 2 aromatic carbocycles. The molecule has 1 aliphatic heterocycles. The number of anilines is 2. The molecule has 0 aliphatic carbocycles. The van der Waals surface area contributed by atoms with Crippen molar-refractivity contribution in [2.45, 2.75) is 6.42 Å². The largest absolute Gasteiger partial charge is 0.493 e. The van der Waals surface area contributed by atoms with E-state index in [-0.39, 0.29) is 11.0 Å². The number of nitro groups is 1. The molecule has 1 aliphatic rings. The van der Waals surface area contributed by atoms with Crippen molar-refractivity contribution in [2.75, 3.05) is 25.7 Å². The summed E-state index contributed by atoms with van der Waals surface area (Å²) in [5.41, 5.74) is 2.46. The van der Waals surface area contributed by atoms with Crippen LogP contribution in [0.1, 0.15) is 5.56 Å². The van der Waals surface area contributed by atoms with E-state index in [4.69, 9.17) is 21.1 Å². The first-order valence-electron chi connectivity index (χ1n) is 8.16. The van der Waals surface area contributed by atoms with Crippen LogP contribution in [0.4, 0.5) is 17.2 Å². The van der Waals surface area contributed by atoms with Gasteiger partial charge in [-0.15, -0.1) is 0 Å². The number of halogens is 1. The quantitative estimate of drug-likeness (QED) is 0.381. The lowest BCUT2D eigenvalue weighted by Crippen LogP contribution is -2.15. The monoisotopic (exact) mass is 386 g/mol. The van der Waals surface area contributed by atoms with Gasteiger partial charge in [0.25, 0.3) is 5.69 Å². The lowest BCUT2D eigenvalue weighted by Gasteiger charge is -2.21. The fourth-order valence-electron chi connectivity index (χ4n) is 3.34. The van der Waals surface area contributed by atoms with Gasteiger partial charge in [-0.25, -0.2) is 4.98 Å². The van der Waals surface area contributed by atoms with Crippen LogP contribution in [0.2, 0.25) is 5.28 Å². The Kier molecular flexibility index (Phi) is 4.19. The van der Waals surface area contributed by atoms with Gasteiger partial charge < -0.3 is 14.4 Å². The van der Waals surface area contributed by atoms with Gasteiger partial charge in [-0.1, -0.05) is 0 Å². The molecular formula is C18H15ClN4O4. The summed E-state index contributed by atoms with van der Waals surface area (Å²) in [6.07, 6.45) is 0.674. The molecule has 8 nitrogen and oxygen atoms in total. The Balaban J connectivity index is 1.89. The summed E-state index contributed by atoms with van der Waals surface area (Å²) in [6.45, 7) is 0.632. The summed E-state index contributed by atoms with van der Waals surface area (Å²) >= 11 is 6.16. The Bertz CT molecular complexity index is 1070. The maximum atomic E-state index is 11.0. The minimum absolute atomic E-state index is 0.0765. The Labute approximate surface area is 159 Å². The molecule has 9 heteroatoms. The Hall–Kier alpha value is -3.13. The number of methoxy groups -OCH3 is 2. The number of hydrogen-bond acceptors (Lipinski definition) is 7. The highest BCUT2D eigenvalue weighted by Crippen LogP contribution is 2.41. The Morgan fingerprint density at radius 3 is 2.59 bits per heavy atom. The van der Waals surface area contributed by atoms with E-state index in [0.717, 1.165) is 16.6 Å². The zero-order valence-corrected chi connectivity index (χ0v) is 15.4. The van der Waals surface area contributed by atoms with Crippen molar-refractivity contribution in [3.63, 3.8) is 0 Å². The standard InChI is InChI=1S/C18H15ClN4O4/c1-26-15-8-12-13(9-16(15)27-2)20-18(19)21-17(12)22-6-5-10-7-11(23(24)25)3-4-14(10)22/h3-4,7-9H,5-6H2,1-2H3. The summed E-state index contributed by atoms with van der Waals surface area (Å²) < 4.78 is 10.7. The summed E-state index contributed by atoms with van der Waals surface area (Å²) in [5.74, 6) is 1.72. The number of hydrogen-bond donors (Lipinski definition) is 0. The highest BCUT2D eigenvalue weighted by Gasteiger charge is 2.26. The zero-order valence-electron chi connectivity index (χ0n) is 14.6. The van der Waals surface area contributed by atoms with Crippen LogP contribution in [-0.2, 0) is 6.42 Å². The molecule has 2 heterocycles. The van der Waals surface area contributed by atoms with Crippen LogP contribution >= 0.6 is 11.6 Å². The Morgan fingerprint density at radius 1 is 1.15 bits per heavy atom. The SMILES string of the molecule is COc1cc2nc(Cl)nc(N3CCc4cc([N+](=O)[O-])ccc43)c2cc1OC. The lowest BCUT2D eigenvalue weighted by atomic mass is 10.1. The minimum Gasteiger partial charge on any atom is -0.493 e. The van der Waals surface area contributed by atoms with Crippen LogP contribution in [0.5, 0.6) is 11.5 Å². The second-order valence-electron chi connectivity index (χ2n) is 6.01. The van der Waals surface area contributed by atoms with Crippen LogP contribution in [0.25, 0.3) is 10.9 Å². The molecule has 3 aromatic rings. The number of nitro benzene ring substituents is 1. The third-order valence-corrected chi connectivity index (χ3v) is 4.75. The molecule has 0 radical (unpaired) electrons. The molecular weight excluding hydrogens is 372 g/mol. The molecule has 0 spiro atoms. The van der Waals surface area contributed by atoms with Crippen molar-refractivity contribution in [3.05, 3.63) is 51.3 Å². The van der Waals surface area contributed by atoms with E-state index in [1.165, 1.54) is 6.07 Å². The number of ether oxygens (including phenoxy) is 2. The molecule has 0 atom stereocenters. The molecule has 0 bridgehead atoms. The van der Waals surface area contributed by atoms with Crippen molar-refractivity contribution >= 4 is 39.7 Å². The highest BCUT2D eigenvalue weighted by molar-refractivity contribution is 6.29. The number of rotatable bonds is 4. The van der Waals surface area contributed by atoms with Crippen molar-refractivity contribution in [2.24, 2.45) is 0 Å². The topological polar surface area (TPSA) is 90.6 Å². The second-order valence-corrected chi connectivity index (χ2v) is 6.35. The first-order chi connectivity index (χ1) is 13.0. The molecule has 0 saturated heterocycles. The first kappa shape index (κ1) is 17.3. The van der Waals surface area contributed by atoms with Crippen LogP contribution < -0.4 is 14.4 Å². The van der Waals surface area contributed by atoms with E-state index in [9.17, 15) is 10.1 Å². The molecule has 0 amide bonds. The van der Waals surface area contributed by atoms with Gasteiger partial charge in [0.15, 0.2) is 11.5 Å². The predicted octanol–water partition coefficient (Wildman–Crippen LogP) is 3.90. The van der Waals surface area contributed by atoms with Crippen LogP contribution in [-0.4, -0.2) is 35.7 Å². The summed E-state index contributed by atoms with van der Waals surface area (Å²) in [5, 5.41) is 11.9. The molecule has 0 N–H and O–H groups in total. The number of fused-ring (bicyclic) bond motifs is 2. The van der Waals surface area contributed by atoms with Crippen LogP contribution in [0, 0.1) is 10.1 Å².